The van der Waals surface area contributed by atoms with Gasteiger partial charge in [0.25, 0.3) is 0 Å². The highest BCUT2D eigenvalue weighted by molar-refractivity contribution is 5.89. The predicted octanol–water partition coefficient (Wildman–Crippen LogP) is 7.07. The van der Waals surface area contributed by atoms with Gasteiger partial charge in [0.1, 0.15) is 30.0 Å². The fraction of sp³-hybridized carbons (Fsp3) is 0.780. The molecule has 6 atom stereocenters. The monoisotopic (exact) mass is 980 g/mol. The summed E-state index contributed by atoms with van der Waals surface area (Å²) in [6.45, 7) is 26.8. The van der Waals surface area contributed by atoms with Gasteiger partial charge in [-0.15, -0.1) is 0 Å². The first-order valence-corrected chi connectivity index (χ1v) is 23.7. The summed E-state index contributed by atoms with van der Waals surface area (Å²) in [6, 6.07) is 0. The van der Waals surface area contributed by atoms with E-state index in [1.165, 1.54) is 13.8 Å². The number of esters is 6. The Morgan fingerprint density at radius 2 is 0.942 bits per heavy atom. The van der Waals surface area contributed by atoms with Crippen LogP contribution in [0.3, 0.4) is 0 Å². The highest BCUT2D eigenvalue weighted by Gasteiger charge is 2.60. The average Bonchev–Trinajstić information content (AvgIpc) is 3.16. The molecule has 2 aliphatic heterocycles. The molecule has 390 valence electrons. The van der Waals surface area contributed by atoms with E-state index in [2.05, 4.69) is 13.2 Å². The molecule has 0 radical (unpaired) electrons. The Bertz CT molecular complexity index is 1890. The molecule has 69 heavy (non-hydrogen) atoms. The Morgan fingerprint density at radius 3 is 1.36 bits per heavy atom. The predicted molar refractivity (Wildman–Crippen MR) is 244 cm³/mol. The van der Waals surface area contributed by atoms with Crippen molar-refractivity contribution in [2.45, 2.75) is 200 Å². The van der Waals surface area contributed by atoms with Crippen LogP contribution >= 0.6 is 0 Å². The molecule has 2 heterocycles. The highest BCUT2D eigenvalue weighted by Crippen LogP contribution is 2.63. The summed E-state index contributed by atoms with van der Waals surface area (Å²) >= 11 is 0. The molecular formula is C50H76O19. The Labute approximate surface area is 406 Å². The van der Waals surface area contributed by atoms with E-state index in [0.717, 1.165) is 32.1 Å². The average molecular weight is 981 g/mol. The van der Waals surface area contributed by atoms with Crippen molar-refractivity contribution < 1.29 is 90.4 Å². The van der Waals surface area contributed by atoms with Gasteiger partial charge in [-0.2, -0.15) is 0 Å². The third kappa shape index (κ3) is 19.6. The number of carbonyl (C=O) groups is 7. The van der Waals surface area contributed by atoms with Gasteiger partial charge in [-0.1, -0.05) is 13.2 Å². The zero-order chi connectivity index (χ0) is 51.8. The molecule has 0 aromatic heterocycles. The van der Waals surface area contributed by atoms with Crippen molar-refractivity contribution in [2.75, 3.05) is 33.0 Å². The smallest absolute Gasteiger partial charge is 0.463 e. The lowest BCUT2D eigenvalue weighted by atomic mass is 9.48. The van der Waals surface area contributed by atoms with Crippen molar-refractivity contribution in [3.05, 3.63) is 24.3 Å². The first-order chi connectivity index (χ1) is 31.7. The lowest BCUT2D eigenvalue weighted by Crippen LogP contribution is -2.59. The summed E-state index contributed by atoms with van der Waals surface area (Å²) in [5.41, 5.74) is -1.73. The van der Waals surface area contributed by atoms with E-state index in [-0.39, 0.29) is 61.2 Å². The zero-order valence-corrected chi connectivity index (χ0v) is 42.7. The van der Waals surface area contributed by atoms with Crippen LogP contribution in [0.2, 0.25) is 0 Å². The van der Waals surface area contributed by atoms with E-state index in [0.29, 0.717) is 31.1 Å². The molecule has 6 rings (SSSR count). The topological polar surface area (TPSA) is 230 Å². The second-order valence-electron chi connectivity index (χ2n) is 22.2. The van der Waals surface area contributed by atoms with Crippen molar-refractivity contribution >= 4 is 42.0 Å². The number of carbonyl (C=O) groups excluding carboxylic acids is 7. The lowest BCUT2D eigenvalue weighted by molar-refractivity contribution is -0.305. The number of hydrogen-bond donors (Lipinski definition) is 0. The summed E-state index contributed by atoms with van der Waals surface area (Å²) in [6.07, 6.45) is 3.26. The van der Waals surface area contributed by atoms with Crippen molar-refractivity contribution in [1.82, 2.24) is 0 Å². The van der Waals surface area contributed by atoms with E-state index < -0.39 is 96.0 Å². The highest BCUT2D eigenvalue weighted by atomic mass is 16.8. The van der Waals surface area contributed by atoms with Crippen molar-refractivity contribution in [1.29, 1.82) is 0 Å². The molecule has 0 spiro atoms. The SMILES string of the molecule is C=C(C)C(=O)OCC(=O)OCC12CC3CC(C1)CC(OC(=O)OCC1CC(CC(=O)OC(C)(C)C)OC(C)(C)O1)(C3)C2.C=C(C)C(=O)OCC(=O)OCC1CC(CC(=O)OC(C)(C)C)OC(C)(C)O1. The molecule has 4 saturated carbocycles. The molecule has 0 aromatic rings. The van der Waals surface area contributed by atoms with Crippen LogP contribution < -0.4 is 0 Å². The number of rotatable bonds is 17. The molecule has 2 saturated heterocycles. The first-order valence-electron chi connectivity index (χ1n) is 23.7. The third-order valence-electron chi connectivity index (χ3n) is 11.6. The van der Waals surface area contributed by atoms with E-state index in [1.807, 2.05) is 20.8 Å². The first kappa shape index (κ1) is 57.0. The van der Waals surface area contributed by atoms with Crippen LogP contribution in [0.1, 0.15) is 147 Å². The minimum atomic E-state index is -0.963. The van der Waals surface area contributed by atoms with E-state index in [1.54, 1.807) is 48.5 Å². The lowest BCUT2D eigenvalue weighted by Gasteiger charge is -2.60. The Kier molecular flexibility index (Phi) is 19.1. The molecular weight excluding hydrogens is 905 g/mol. The number of hydrogen-bond acceptors (Lipinski definition) is 19. The fourth-order valence-electron chi connectivity index (χ4n) is 10.1. The molecule has 0 N–H and O–H groups in total. The van der Waals surface area contributed by atoms with E-state index in [9.17, 15) is 33.6 Å². The van der Waals surface area contributed by atoms with Gasteiger partial charge in [0.15, 0.2) is 24.8 Å². The standard InChI is InChI=1S/C31H46O11.C19H30O8/c1-19(2)26(34)36-16-25(33)38-18-30-11-20-8-21(12-30)14-31(13-20,17-30)42-27(35)37-15-23-9-22(39-29(6,7)40-23)10-24(32)41-28(3,4)5;1-12(2)17(22)24-11-16(21)23-10-14-8-13(25-19(6,7)26-14)9-15(20)27-18(3,4)5/h20-23H,1,8-18H2,2-7H3;13-14H,1,8-11H2,2-7H3. The summed E-state index contributed by atoms with van der Waals surface area (Å²) in [5, 5.41) is 0. The number of ether oxygens (including phenoxy) is 12. The molecule has 4 bridgehead atoms. The fourth-order valence-corrected chi connectivity index (χ4v) is 10.1. The molecule has 19 heteroatoms. The zero-order valence-electron chi connectivity index (χ0n) is 42.7. The molecule has 4 aliphatic carbocycles. The Balaban J connectivity index is 0.000000333. The van der Waals surface area contributed by atoms with Crippen LogP contribution in [0.15, 0.2) is 24.3 Å². The van der Waals surface area contributed by atoms with E-state index in [4.69, 9.17) is 56.8 Å². The van der Waals surface area contributed by atoms with Crippen LogP contribution in [-0.4, -0.2) is 128 Å². The minimum Gasteiger partial charge on any atom is -0.463 e. The normalized spacial score (nSPS) is 28.6. The Morgan fingerprint density at radius 1 is 0.536 bits per heavy atom. The minimum absolute atomic E-state index is 0.0367. The maximum Gasteiger partial charge on any atom is 0.508 e. The van der Waals surface area contributed by atoms with Crippen LogP contribution in [-0.2, 0) is 85.6 Å². The quantitative estimate of drug-likeness (QED) is 0.0805. The summed E-state index contributed by atoms with van der Waals surface area (Å²) in [4.78, 5) is 84.2. The van der Waals surface area contributed by atoms with Gasteiger partial charge in [0.05, 0.1) is 43.9 Å². The van der Waals surface area contributed by atoms with E-state index >= 15 is 0 Å². The van der Waals surface area contributed by atoms with Gasteiger partial charge in [0, 0.05) is 29.4 Å². The van der Waals surface area contributed by atoms with Crippen LogP contribution in [0.25, 0.3) is 0 Å². The molecule has 6 unspecified atom stereocenters. The van der Waals surface area contributed by atoms with Crippen molar-refractivity contribution in [3.8, 4) is 0 Å². The molecule has 6 aliphatic rings. The van der Waals surface area contributed by atoms with Crippen molar-refractivity contribution in [3.63, 3.8) is 0 Å². The molecule has 19 nitrogen and oxygen atoms in total. The van der Waals surface area contributed by atoms with Gasteiger partial charge in [-0.05, 0) is 133 Å². The van der Waals surface area contributed by atoms with Crippen LogP contribution in [0, 0.1) is 17.3 Å². The van der Waals surface area contributed by atoms with Gasteiger partial charge < -0.3 is 56.8 Å². The second kappa shape index (κ2) is 23.1. The van der Waals surface area contributed by atoms with Gasteiger partial charge >= 0.3 is 42.0 Å². The molecule has 0 aromatic carbocycles. The van der Waals surface area contributed by atoms with Crippen LogP contribution in [0.5, 0.6) is 0 Å². The van der Waals surface area contributed by atoms with Gasteiger partial charge in [-0.3, -0.25) is 9.59 Å². The maximum absolute atomic E-state index is 13.0. The molecule has 0 amide bonds. The van der Waals surface area contributed by atoms with Crippen molar-refractivity contribution in [2.24, 2.45) is 17.3 Å². The van der Waals surface area contributed by atoms with Crippen LogP contribution in [0.4, 0.5) is 4.79 Å². The van der Waals surface area contributed by atoms with Gasteiger partial charge in [-0.25, -0.2) is 24.0 Å². The maximum atomic E-state index is 13.0. The second-order valence-corrected chi connectivity index (χ2v) is 22.2. The summed E-state index contributed by atoms with van der Waals surface area (Å²) < 4.78 is 66.0. The Hall–Kier alpha value is -4.59. The van der Waals surface area contributed by atoms with Gasteiger partial charge in [0.2, 0.25) is 0 Å². The summed E-state index contributed by atoms with van der Waals surface area (Å²) in [7, 11) is 0. The largest absolute Gasteiger partial charge is 0.508 e. The molecule has 6 fully saturated rings. The summed E-state index contributed by atoms with van der Waals surface area (Å²) in [5.74, 6) is -4.50. The third-order valence-corrected chi connectivity index (χ3v) is 11.6.